The summed E-state index contributed by atoms with van der Waals surface area (Å²) in [5.74, 6) is 0.597. The second-order valence-corrected chi connectivity index (χ2v) is 9.54. The second-order valence-electron chi connectivity index (χ2n) is 9.54. The van der Waals surface area contributed by atoms with Crippen molar-refractivity contribution in [1.29, 1.82) is 5.41 Å². The standard InChI is InChI=1S/C27H38N6O/c1-5-8-23(6-2)30-25-12-14-32(19(3)34)18-24(25)27(28)33-13-7-9-21-15-20(10-11-26(21)33)22-16-29-31(4)17-22/h10-11,15-17,23,28,30H,5-9,12-14,18H2,1-4H3. The third-order valence-corrected chi connectivity index (χ3v) is 7.09. The molecule has 4 rings (SSSR count). The van der Waals surface area contributed by atoms with E-state index in [0.717, 1.165) is 73.2 Å². The Hall–Kier alpha value is -3.09. The van der Waals surface area contributed by atoms with E-state index in [9.17, 15) is 10.2 Å². The van der Waals surface area contributed by atoms with Gasteiger partial charge in [-0.25, -0.2) is 0 Å². The largest absolute Gasteiger partial charge is 0.385 e. The van der Waals surface area contributed by atoms with Gasteiger partial charge in [-0.3, -0.25) is 14.9 Å². The van der Waals surface area contributed by atoms with Crippen LogP contribution in [-0.2, 0) is 18.3 Å². The maximum Gasteiger partial charge on any atom is 0.219 e. The first-order valence-electron chi connectivity index (χ1n) is 12.6. The zero-order valence-electron chi connectivity index (χ0n) is 21.0. The van der Waals surface area contributed by atoms with Crippen molar-refractivity contribution in [3.05, 3.63) is 47.4 Å². The molecule has 34 heavy (non-hydrogen) atoms. The molecular formula is C27H38N6O. The normalized spacial score (nSPS) is 16.9. The lowest BCUT2D eigenvalue weighted by atomic mass is 9.95. The zero-order valence-corrected chi connectivity index (χ0v) is 21.0. The van der Waals surface area contributed by atoms with Crippen molar-refractivity contribution in [2.45, 2.75) is 65.3 Å². The minimum absolute atomic E-state index is 0.0742. The van der Waals surface area contributed by atoms with Gasteiger partial charge in [0.15, 0.2) is 0 Å². The number of amidine groups is 1. The van der Waals surface area contributed by atoms with E-state index in [4.69, 9.17) is 0 Å². The molecule has 7 heteroatoms. The van der Waals surface area contributed by atoms with Gasteiger partial charge in [0.2, 0.25) is 5.91 Å². The van der Waals surface area contributed by atoms with Crippen LogP contribution in [0, 0.1) is 5.41 Å². The van der Waals surface area contributed by atoms with E-state index in [1.807, 2.05) is 29.0 Å². The molecule has 2 aromatic rings. The van der Waals surface area contributed by atoms with Crippen LogP contribution >= 0.6 is 0 Å². The minimum Gasteiger partial charge on any atom is -0.385 e. The lowest BCUT2D eigenvalue weighted by molar-refractivity contribution is -0.128. The molecule has 0 spiro atoms. The van der Waals surface area contributed by atoms with Crippen LogP contribution in [0.15, 0.2) is 41.9 Å². The highest BCUT2D eigenvalue weighted by Gasteiger charge is 2.29. The van der Waals surface area contributed by atoms with Crippen LogP contribution in [0.25, 0.3) is 11.1 Å². The summed E-state index contributed by atoms with van der Waals surface area (Å²) >= 11 is 0. The molecule has 0 bridgehead atoms. The number of carbonyl (C=O) groups is 1. The molecule has 2 aliphatic heterocycles. The lowest BCUT2D eigenvalue weighted by Crippen LogP contribution is -2.46. The number of hydrogen-bond acceptors (Lipinski definition) is 4. The third kappa shape index (κ3) is 5.03. The molecule has 0 saturated heterocycles. The number of aryl methyl sites for hydroxylation is 2. The van der Waals surface area contributed by atoms with Crippen LogP contribution in [0.4, 0.5) is 5.69 Å². The van der Waals surface area contributed by atoms with E-state index in [2.05, 4.69) is 47.4 Å². The fourth-order valence-electron chi connectivity index (χ4n) is 5.12. The van der Waals surface area contributed by atoms with Crippen molar-refractivity contribution in [2.75, 3.05) is 24.5 Å². The molecule has 1 amide bonds. The summed E-state index contributed by atoms with van der Waals surface area (Å²) in [5, 5.41) is 17.3. The molecule has 182 valence electrons. The molecule has 1 atom stereocenters. The highest BCUT2D eigenvalue weighted by Crippen LogP contribution is 2.33. The number of fused-ring (bicyclic) bond motifs is 1. The number of hydrogen-bond donors (Lipinski definition) is 2. The predicted molar refractivity (Wildman–Crippen MR) is 138 cm³/mol. The maximum absolute atomic E-state index is 12.2. The van der Waals surface area contributed by atoms with Gasteiger partial charge >= 0.3 is 0 Å². The van der Waals surface area contributed by atoms with Crippen LogP contribution < -0.4 is 10.2 Å². The van der Waals surface area contributed by atoms with Crippen LogP contribution in [-0.4, -0.2) is 52.1 Å². The Balaban J connectivity index is 1.65. The van der Waals surface area contributed by atoms with E-state index in [1.54, 1.807) is 6.92 Å². The highest BCUT2D eigenvalue weighted by molar-refractivity contribution is 6.09. The average Bonchev–Trinajstić information content (AvgIpc) is 3.28. The Morgan fingerprint density at radius 2 is 2.03 bits per heavy atom. The Labute approximate surface area is 203 Å². The van der Waals surface area contributed by atoms with E-state index in [-0.39, 0.29) is 5.91 Å². The van der Waals surface area contributed by atoms with E-state index in [0.29, 0.717) is 25.0 Å². The quantitative estimate of drug-likeness (QED) is 0.469. The molecular weight excluding hydrogens is 424 g/mol. The molecule has 1 aromatic heterocycles. The van der Waals surface area contributed by atoms with Crippen LogP contribution in [0.5, 0.6) is 0 Å². The van der Waals surface area contributed by atoms with Crippen molar-refractivity contribution in [1.82, 2.24) is 20.0 Å². The van der Waals surface area contributed by atoms with E-state index < -0.39 is 0 Å². The van der Waals surface area contributed by atoms with Gasteiger partial charge < -0.3 is 15.1 Å². The summed E-state index contributed by atoms with van der Waals surface area (Å²) in [7, 11) is 1.93. The summed E-state index contributed by atoms with van der Waals surface area (Å²) in [6.07, 6.45) is 10.0. The van der Waals surface area contributed by atoms with Gasteiger partial charge in [-0.1, -0.05) is 26.3 Å². The maximum atomic E-state index is 12.2. The summed E-state index contributed by atoms with van der Waals surface area (Å²) in [6.45, 7) is 8.08. The van der Waals surface area contributed by atoms with Crippen molar-refractivity contribution in [3.8, 4) is 11.1 Å². The van der Waals surface area contributed by atoms with Crippen molar-refractivity contribution in [3.63, 3.8) is 0 Å². The topological polar surface area (TPSA) is 77.2 Å². The smallest absolute Gasteiger partial charge is 0.219 e. The number of nitrogens with zero attached hydrogens (tertiary/aromatic N) is 4. The second kappa shape index (κ2) is 10.5. The molecule has 7 nitrogen and oxygen atoms in total. The Morgan fingerprint density at radius 1 is 1.21 bits per heavy atom. The molecule has 0 fully saturated rings. The number of rotatable bonds is 7. The first-order chi connectivity index (χ1) is 16.4. The van der Waals surface area contributed by atoms with Gasteiger partial charge in [-0.15, -0.1) is 0 Å². The van der Waals surface area contributed by atoms with Gasteiger partial charge in [0, 0.05) is 68.2 Å². The summed E-state index contributed by atoms with van der Waals surface area (Å²) in [5.41, 5.74) is 6.74. The number of benzene rings is 1. The molecule has 1 aromatic carbocycles. The number of aromatic nitrogens is 2. The zero-order chi connectivity index (χ0) is 24.2. The minimum atomic E-state index is 0.0742. The van der Waals surface area contributed by atoms with Crippen molar-refractivity contribution >= 4 is 17.4 Å². The van der Waals surface area contributed by atoms with Crippen molar-refractivity contribution < 1.29 is 4.79 Å². The number of carbonyl (C=O) groups excluding carboxylic acids is 1. The monoisotopic (exact) mass is 462 g/mol. The fourth-order valence-corrected chi connectivity index (χ4v) is 5.12. The van der Waals surface area contributed by atoms with Gasteiger partial charge in [0.05, 0.1) is 12.7 Å². The third-order valence-electron chi connectivity index (χ3n) is 7.09. The Kier molecular flexibility index (Phi) is 7.39. The number of nitrogens with one attached hydrogen (secondary N) is 2. The lowest BCUT2D eigenvalue weighted by Gasteiger charge is -2.37. The van der Waals surface area contributed by atoms with E-state index in [1.165, 1.54) is 5.56 Å². The number of anilines is 1. The van der Waals surface area contributed by atoms with E-state index >= 15 is 0 Å². The molecule has 1 unspecified atom stereocenters. The highest BCUT2D eigenvalue weighted by atomic mass is 16.2. The van der Waals surface area contributed by atoms with Crippen molar-refractivity contribution in [2.24, 2.45) is 7.05 Å². The van der Waals surface area contributed by atoms with Gasteiger partial charge in [-0.05, 0) is 48.9 Å². The van der Waals surface area contributed by atoms with Crippen LogP contribution in [0.1, 0.15) is 58.4 Å². The predicted octanol–water partition coefficient (Wildman–Crippen LogP) is 4.49. The van der Waals surface area contributed by atoms with Gasteiger partial charge in [0.1, 0.15) is 5.84 Å². The van der Waals surface area contributed by atoms with Crippen LogP contribution in [0.2, 0.25) is 0 Å². The number of amides is 1. The average molecular weight is 463 g/mol. The summed E-state index contributed by atoms with van der Waals surface area (Å²) in [4.78, 5) is 16.2. The summed E-state index contributed by atoms with van der Waals surface area (Å²) in [6, 6.07) is 6.93. The first kappa shape index (κ1) is 24.0. The fraction of sp³-hybridized carbons (Fsp3) is 0.519. The SMILES string of the molecule is CCCC(CC)NC1=C(C(=N)N2CCCc3cc(-c4cnn(C)c4)ccc32)CN(C(C)=O)CC1. The Bertz CT molecular complexity index is 1080. The molecule has 2 N–H and O–H groups in total. The van der Waals surface area contributed by atoms with Gasteiger partial charge in [0.25, 0.3) is 0 Å². The molecule has 0 radical (unpaired) electrons. The summed E-state index contributed by atoms with van der Waals surface area (Å²) < 4.78 is 1.82. The molecule has 0 saturated carbocycles. The molecule has 3 heterocycles. The molecule has 0 aliphatic carbocycles. The Morgan fingerprint density at radius 3 is 2.71 bits per heavy atom. The molecule has 2 aliphatic rings. The van der Waals surface area contributed by atoms with Crippen LogP contribution in [0.3, 0.4) is 0 Å². The first-order valence-corrected chi connectivity index (χ1v) is 12.6. The van der Waals surface area contributed by atoms with Gasteiger partial charge in [-0.2, -0.15) is 5.10 Å².